The van der Waals surface area contributed by atoms with Crippen LogP contribution in [-0.2, 0) is 26.1 Å². The lowest BCUT2D eigenvalue weighted by Crippen LogP contribution is -2.47. The average molecular weight is 506 g/mol. The zero-order valence-corrected chi connectivity index (χ0v) is 20.7. The summed E-state index contributed by atoms with van der Waals surface area (Å²) in [6.07, 6.45) is 1.95. The summed E-state index contributed by atoms with van der Waals surface area (Å²) in [4.78, 5) is 18.7. The zero-order valence-electron chi connectivity index (χ0n) is 19.2. The number of nitrogens with one attached hydrogen (secondary N) is 1. The standard InChI is InChI=1S/C24H28ClN3O5S/c1-17(15-18-3-5-19(25)6-4-18)26-23(29)22-16-24(33-27-22)11-13-28(14-12-24)34(30,31)21-9-7-20(32-2)8-10-21/h3-10,17H,11-16H2,1-2H3,(H,26,29). The Bertz CT molecular complexity index is 1160. The van der Waals surface area contributed by atoms with Crippen molar-refractivity contribution in [3.63, 3.8) is 0 Å². The van der Waals surface area contributed by atoms with Crippen LogP contribution < -0.4 is 10.1 Å². The molecular formula is C24H28ClN3O5S. The summed E-state index contributed by atoms with van der Waals surface area (Å²) in [5, 5.41) is 7.70. The Balaban J connectivity index is 1.30. The molecule has 0 bridgehead atoms. The van der Waals surface area contributed by atoms with E-state index in [-0.39, 0.29) is 16.8 Å². The van der Waals surface area contributed by atoms with Crippen molar-refractivity contribution in [1.29, 1.82) is 0 Å². The van der Waals surface area contributed by atoms with Crippen molar-refractivity contribution in [2.24, 2.45) is 5.16 Å². The number of nitrogens with zero attached hydrogens (tertiary/aromatic N) is 2. The third-order valence-electron chi connectivity index (χ3n) is 6.26. The molecule has 2 aromatic carbocycles. The fraction of sp³-hybridized carbons (Fsp3) is 0.417. The Morgan fingerprint density at radius 1 is 1.18 bits per heavy atom. The molecule has 0 saturated carbocycles. The minimum Gasteiger partial charge on any atom is -0.497 e. The third-order valence-corrected chi connectivity index (χ3v) is 8.43. The summed E-state index contributed by atoms with van der Waals surface area (Å²) in [6.45, 7) is 2.53. The molecule has 2 aliphatic heterocycles. The van der Waals surface area contributed by atoms with Gasteiger partial charge in [-0.15, -0.1) is 0 Å². The molecular weight excluding hydrogens is 478 g/mol. The Morgan fingerprint density at radius 2 is 1.82 bits per heavy atom. The average Bonchev–Trinajstić information content (AvgIpc) is 3.24. The van der Waals surface area contributed by atoms with Crippen LogP contribution in [0.3, 0.4) is 0 Å². The van der Waals surface area contributed by atoms with Crippen LogP contribution in [0.15, 0.2) is 58.6 Å². The van der Waals surface area contributed by atoms with Gasteiger partial charge in [-0.2, -0.15) is 4.31 Å². The number of rotatable bonds is 7. The van der Waals surface area contributed by atoms with Gasteiger partial charge in [-0.3, -0.25) is 4.79 Å². The number of carbonyl (C=O) groups is 1. The van der Waals surface area contributed by atoms with Crippen LogP contribution in [0.1, 0.15) is 31.7 Å². The molecule has 0 radical (unpaired) electrons. The second-order valence-electron chi connectivity index (χ2n) is 8.77. The summed E-state index contributed by atoms with van der Waals surface area (Å²) in [6, 6.07) is 13.8. The highest BCUT2D eigenvalue weighted by Gasteiger charge is 2.45. The zero-order chi connectivity index (χ0) is 24.3. The van der Waals surface area contributed by atoms with Gasteiger partial charge >= 0.3 is 0 Å². The second-order valence-corrected chi connectivity index (χ2v) is 11.1. The molecule has 1 atom stereocenters. The number of benzene rings is 2. The van der Waals surface area contributed by atoms with Gasteiger partial charge in [0.25, 0.3) is 5.91 Å². The smallest absolute Gasteiger partial charge is 0.269 e. The maximum absolute atomic E-state index is 13.0. The summed E-state index contributed by atoms with van der Waals surface area (Å²) in [5.74, 6) is 0.341. The Labute approximate surface area is 204 Å². The number of hydrogen-bond acceptors (Lipinski definition) is 6. The van der Waals surface area contributed by atoms with E-state index < -0.39 is 15.6 Å². The van der Waals surface area contributed by atoms with Gasteiger partial charge in [0.05, 0.1) is 12.0 Å². The van der Waals surface area contributed by atoms with Gasteiger partial charge in [0.2, 0.25) is 10.0 Å². The van der Waals surface area contributed by atoms with E-state index in [1.165, 1.54) is 11.4 Å². The number of sulfonamides is 1. The second kappa shape index (κ2) is 9.93. The number of halogens is 1. The Kier molecular flexibility index (Phi) is 7.16. The molecule has 1 N–H and O–H groups in total. The number of oxime groups is 1. The van der Waals surface area contributed by atoms with Crippen molar-refractivity contribution < 1.29 is 22.8 Å². The van der Waals surface area contributed by atoms with Gasteiger partial charge in [-0.1, -0.05) is 28.9 Å². The molecule has 2 aliphatic rings. The van der Waals surface area contributed by atoms with Gasteiger partial charge in [-0.25, -0.2) is 8.42 Å². The summed E-state index contributed by atoms with van der Waals surface area (Å²) < 4.78 is 32.6. The van der Waals surface area contributed by atoms with Crippen LogP contribution in [0.4, 0.5) is 0 Å². The van der Waals surface area contributed by atoms with Crippen LogP contribution in [0.2, 0.25) is 5.02 Å². The van der Waals surface area contributed by atoms with E-state index in [0.717, 1.165) is 5.56 Å². The highest BCUT2D eigenvalue weighted by molar-refractivity contribution is 7.89. The Morgan fingerprint density at radius 3 is 2.44 bits per heavy atom. The van der Waals surface area contributed by atoms with E-state index in [9.17, 15) is 13.2 Å². The molecule has 0 aromatic heterocycles. The molecule has 8 nitrogen and oxygen atoms in total. The van der Waals surface area contributed by atoms with E-state index in [1.54, 1.807) is 24.3 Å². The SMILES string of the molecule is COc1ccc(S(=O)(=O)N2CCC3(CC2)CC(C(=O)NC(C)Cc2ccc(Cl)cc2)=NO3)cc1. The maximum Gasteiger partial charge on any atom is 0.269 e. The fourth-order valence-corrected chi connectivity index (χ4v) is 5.84. The third kappa shape index (κ3) is 5.37. The molecule has 182 valence electrons. The topological polar surface area (TPSA) is 97.3 Å². The molecule has 34 heavy (non-hydrogen) atoms. The lowest BCUT2D eigenvalue weighted by molar-refractivity contribution is -0.115. The van der Waals surface area contributed by atoms with Gasteiger partial charge in [0.1, 0.15) is 17.1 Å². The molecule has 1 spiro atoms. The number of hydrogen-bond donors (Lipinski definition) is 1. The molecule has 0 aliphatic carbocycles. The molecule has 2 aromatic rings. The van der Waals surface area contributed by atoms with Crippen molar-refractivity contribution in [3.8, 4) is 5.75 Å². The number of carbonyl (C=O) groups excluding carboxylic acids is 1. The van der Waals surface area contributed by atoms with Crippen LogP contribution >= 0.6 is 11.6 Å². The molecule has 1 amide bonds. The first-order valence-corrected chi connectivity index (χ1v) is 13.0. The van der Waals surface area contributed by atoms with E-state index in [0.29, 0.717) is 55.3 Å². The largest absolute Gasteiger partial charge is 0.497 e. The van der Waals surface area contributed by atoms with Crippen LogP contribution in [0.25, 0.3) is 0 Å². The van der Waals surface area contributed by atoms with E-state index in [4.69, 9.17) is 21.2 Å². The first-order chi connectivity index (χ1) is 16.2. The summed E-state index contributed by atoms with van der Waals surface area (Å²) >= 11 is 5.93. The van der Waals surface area contributed by atoms with E-state index in [2.05, 4.69) is 10.5 Å². The predicted molar refractivity (Wildman–Crippen MR) is 130 cm³/mol. The normalized spacial score (nSPS) is 18.7. The quantitative estimate of drug-likeness (QED) is 0.622. The fourth-order valence-electron chi connectivity index (χ4n) is 4.27. The van der Waals surface area contributed by atoms with E-state index in [1.807, 2.05) is 31.2 Å². The van der Waals surface area contributed by atoms with Crippen LogP contribution in [0, 0.1) is 0 Å². The van der Waals surface area contributed by atoms with Crippen LogP contribution in [-0.4, -0.2) is 56.2 Å². The van der Waals surface area contributed by atoms with Gasteiger partial charge in [0, 0.05) is 43.4 Å². The van der Waals surface area contributed by atoms with Gasteiger partial charge in [-0.05, 0) is 55.3 Å². The van der Waals surface area contributed by atoms with Crippen molar-refractivity contribution in [3.05, 3.63) is 59.1 Å². The monoisotopic (exact) mass is 505 g/mol. The summed E-state index contributed by atoms with van der Waals surface area (Å²) in [7, 11) is -2.08. The summed E-state index contributed by atoms with van der Waals surface area (Å²) in [5.41, 5.74) is 0.774. The minimum atomic E-state index is -3.61. The van der Waals surface area contributed by atoms with Crippen molar-refractivity contribution in [1.82, 2.24) is 9.62 Å². The highest BCUT2D eigenvalue weighted by atomic mass is 35.5. The van der Waals surface area contributed by atoms with Crippen molar-refractivity contribution >= 4 is 33.2 Å². The molecule has 1 fully saturated rings. The van der Waals surface area contributed by atoms with Gasteiger partial charge in [0.15, 0.2) is 0 Å². The minimum absolute atomic E-state index is 0.0931. The lowest BCUT2D eigenvalue weighted by atomic mass is 9.87. The number of piperidine rings is 1. The highest BCUT2D eigenvalue weighted by Crippen LogP contribution is 2.36. The lowest BCUT2D eigenvalue weighted by Gasteiger charge is -2.36. The van der Waals surface area contributed by atoms with Gasteiger partial charge < -0.3 is 14.9 Å². The molecule has 1 unspecified atom stereocenters. The van der Waals surface area contributed by atoms with Crippen molar-refractivity contribution in [2.45, 2.75) is 49.1 Å². The van der Waals surface area contributed by atoms with E-state index >= 15 is 0 Å². The predicted octanol–water partition coefficient (Wildman–Crippen LogP) is 3.40. The Hall–Kier alpha value is -2.62. The first-order valence-electron chi connectivity index (χ1n) is 11.2. The molecule has 10 heteroatoms. The first kappa shape index (κ1) is 24.5. The van der Waals surface area contributed by atoms with Crippen molar-refractivity contribution in [2.75, 3.05) is 20.2 Å². The van der Waals surface area contributed by atoms with Crippen LogP contribution in [0.5, 0.6) is 5.75 Å². The molecule has 2 heterocycles. The number of amides is 1. The molecule has 4 rings (SSSR count). The number of ether oxygens (including phenoxy) is 1. The number of methoxy groups -OCH3 is 1. The molecule has 1 saturated heterocycles. The maximum atomic E-state index is 13.0.